The Bertz CT molecular complexity index is 575. The van der Waals surface area contributed by atoms with Gasteiger partial charge in [0, 0.05) is 24.2 Å². The molecule has 2 aliphatic carbocycles. The van der Waals surface area contributed by atoms with E-state index < -0.39 is 0 Å². The van der Waals surface area contributed by atoms with Crippen LogP contribution in [0.4, 0.5) is 0 Å². The molecule has 3 rings (SSSR count). The van der Waals surface area contributed by atoms with Crippen LogP contribution in [0.1, 0.15) is 44.7 Å². The van der Waals surface area contributed by atoms with Crippen LogP contribution in [0.3, 0.4) is 0 Å². The molecule has 2 heteroatoms. The Hall–Kier alpha value is -1.70. The van der Waals surface area contributed by atoms with Crippen molar-refractivity contribution in [1.82, 2.24) is 4.98 Å². The maximum Gasteiger partial charge on any atom is 0.133 e. The highest BCUT2D eigenvalue weighted by molar-refractivity contribution is 5.79. The first kappa shape index (κ1) is 16.2. The van der Waals surface area contributed by atoms with Crippen LogP contribution in [0.2, 0.25) is 0 Å². The number of rotatable bonds is 6. The number of pyridine rings is 1. The second-order valence-electron chi connectivity index (χ2n) is 7.02. The molecular formula is C21H27NO. The van der Waals surface area contributed by atoms with Crippen molar-refractivity contribution in [3.8, 4) is 0 Å². The van der Waals surface area contributed by atoms with Crippen LogP contribution >= 0.6 is 0 Å². The fourth-order valence-corrected chi connectivity index (χ4v) is 4.43. The molecule has 0 bridgehead atoms. The lowest BCUT2D eigenvalue weighted by Crippen LogP contribution is -2.33. The van der Waals surface area contributed by atoms with Crippen LogP contribution in [0, 0.1) is 23.7 Å². The normalized spacial score (nSPS) is 29.8. The summed E-state index contributed by atoms with van der Waals surface area (Å²) < 4.78 is 0. The minimum absolute atomic E-state index is 0.261. The Morgan fingerprint density at radius 2 is 2.17 bits per heavy atom. The molecule has 0 amide bonds. The SMILES string of the molecule is CC(=O)[C@@H]1[C@H]2CCC[C@@H]2C=C[C@@H]1CC/C=C/Cc1ccccn1. The van der Waals surface area contributed by atoms with Crippen molar-refractivity contribution in [3.63, 3.8) is 0 Å². The molecule has 0 N–H and O–H groups in total. The van der Waals surface area contributed by atoms with Crippen LogP contribution in [0.25, 0.3) is 0 Å². The van der Waals surface area contributed by atoms with Crippen molar-refractivity contribution < 1.29 is 4.79 Å². The number of aromatic nitrogens is 1. The summed E-state index contributed by atoms with van der Waals surface area (Å²) in [6, 6.07) is 6.03. The van der Waals surface area contributed by atoms with E-state index in [0.717, 1.165) is 25.0 Å². The first-order valence-corrected chi connectivity index (χ1v) is 8.99. The molecule has 23 heavy (non-hydrogen) atoms. The topological polar surface area (TPSA) is 30.0 Å². The van der Waals surface area contributed by atoms with Gasteiger partial charge in [-0.2, -0.15) is 0 Å². The number of hydrogen-bond acceptors (Lipinski definition) is 2. The zero-order valence-corrected chi connectivity index (χ0v) is 14.0. The zero-order valence-electron chi connectivity index (χ0n) is 14.0. The van der Waals surface area contributed by atoms with E-state index in [9.17, 15) is 4.79 Å². The number of fused-ring (bicyclic) bond motifs is 1. The van der Waals surface area contributed by atoms with Gasteiger partial charge in [-0.05, 0) is 62.5 Å². The highest BCUT2D eigenvalue weighted by Crippen LogP contribution is 2.45. The lowest BCUT2D eigenvalue weighted by atomic mass is 9.69. The van der Waals surface area contributed by atoms with Crippen molar-refractivity contribution in [3.05, 3.63) is 54.4 Å². The van der Waals surface area contributed by atoms with E-state index in [2.05, 4.69) is 35.4 Å². The molecule has 1 heterocycles. The monoisotopic (exact) mass is 309 g/mol. The van der Waals surface area contributed by atoms with Gasteiger partial charge in [0.1, 0.15) is 5.78 Å². The number of hydrogen-bond donors (Lipinski definition) is 0. The summed E-state index contributed by atoms with van der Waals surface area (Å²) in [5.41, 5.74) is 1.11. The predicted octanol–water partition coefficient (Wildman–Crippen LogP) is 4.77. The molecule has 0 saturated heterocycles. The van der Waals surface area contributed by atoms with Gasteiger partial charge in [0.2, 0.25) is 0 Å². The number of carbonyl (C=O) groups excluding carboxylic acids is 1. The third kappa shape index (κ3) is 3.99. The first-order chi connectivity index (χ1) is 11.3. The standard InChI is InChI=1S/C21H27NO/c1-16(23)21-18(14-13-17-9-7-12-20(17)21)8-3-2-4-10-19-11-5-6-15-22-19/h2,4-6,11,13-15,17-18,20-21H,3,7-10,12H2,1H3/b4-2+/t17-,18+,20+,21+/m1/s1. The van der Waals surface area contributed by atoms with Gasteiger partial charge < -0.3 is 0 Å². The number of nitrogens with zero attached hydrogens (tertiary/aromatic N) is 1. The van der Waals surface area contributed by atoms with E-state index in [1.165, 1.54) is 19.3 Å². The van der Waals surface area contributed by atoms with Gasteiger partial charge in [0.05, 0.1) is 0 Å². The minimum Gasteiger partial charge on any atom is -0.300 e. The Kier molecular flexibility index (Phi) is 5.43. The molecule has 0 aliphatic heterocycles. The average Bonchev–Trinajstić information content (AvgIpc) is 3.03. The third-order valence-electron chi connectivity index (χ3n) is 5.51. The number of allylic oxidation sites excluding steroid dienone is 4. The summed E-state index contributed by atoms with van der Waals surface area (Å²) in [5, 5.41) is 0. The maximum atomic E-state index is 12.2. The highest BCUT2D eigenvalue weighted by Gasteiger charge is 2.40. The Labute approximate surface area is 139 Å². The largest absolute Gasteiger partial charge is 0.300 e. The number of carbonyl (C=O) groups is 1. The first-order valence-electron chi connectivity index (χ1n) is 8.99. The van der Waals surface area contributed by atoms with Crippen molar-refractivity contribution >= 4 is 5.78 Å². The Balaban J connectivity index is 1.52. The van der Waals surface area contributed by atoms with E-state index in [4.69, 9.17) is 0 Å². The summed E-state index contributed by atoms with van der Waals surface area (Å²) in [6.45, 7) is 1.79. The Morgan fingerprint density at radius 3 is 2.96 bits per heavy atom. The molecule has 0 unspecified atom stereocenters. The van der Waals surface area contributed by atoms with E-state index in [1.807, 2.05) is 18.3 Å². The molecule has 0 spiro atoms. The molecule has 4 atom stereocenters. The van der Waals surface area contributed by atoms with Gasteiger partial charge >= 0.3 is 0 Å². The van der Waals surface area contributed by atoms with Gasteiger partial charge in [-0.25, -0.2) is 0 Å². The quantitative estimate of drug-likeness (QED) is 0.709. The van der Waals surface area contributed by atoms with Crippen molar-refractivity contribution in [1.29, 1.82) is 0 Å². The zero-order chi connectivity index (χ0) is 16.1. The fraction of sp³-hybridized carbons (Fsp3) is 0.524. The summed E-state index contributed by atoms with van der Waals surface area (Å²) >= 11 is 0. The molecule has 0 aromatic carbocycles. The number of ketones is 1. The summed E-state index contributed by atoms with van der Waals surface area (Å²) in [6.07, 6.45) is 17.9. The molecule has 1 aromatic rings. The van der Waals surface area contributed by atoms with Crippen molar-refractivity contribution in [2.75, 3.05) is 0 Å². The van der Waals surface area contributed by atoms with Crippen LogP contribution < -0.4 is 0 Å². The van der Waals surface area contributed by atoms with E-state index in [1.54, 1.807) is 6.92 Å². The Morgan fingerprint density at radius 1 is 1.26 bits per heavy atom. The molecule has 1 saturated carbocycles. The van der Waals surface area contributed by atoms with Crippen LogP contribution in [0.15, 0.2) is 48.7 Å². The molecule has 0 radical (unpaired) electrons. The second kappa shape index (κ2) is 7.72. The molecular weight excluding hydrogens is 282 g/mol. The molecule has 1 fully saturated rings. The van der Waals surface area contributed by atoms with E-state index in [0.29, 0.717) is 23.5 Å². The van der Waals surface area contributed by atoms with E-state index >= 15 is 0 Å². The highest BCUT2D eigenvalue weighted by atomic mass is 16.1. The van der Waals surface area contributed by atoms with Crippen LogP contribution in [-0.2, 0) is 11.2 Å². The smallest absolute Gasteiger partial charge is 0.133 e. The molecule has 2 aliphatic rings. The maximum absolute atomic E-state index is 12.2. The second-order valence-corrected chi connectivity index (χ2v) is 7.02. The molecule has 1 aromatic heterocycles. The summed E-state index contributed by atoms with van der Waals surface area (Å²) in [7, 11) is 0. The lowest BCUT2D eigenvalue weighted by molar-refractivity contribution is -0.124. The number of Topliss-reactive ketones (excluding diaryl/α,β-unsaturated/α-hetero) is 1. The average molecular weight is 309 g/mol. The van der Waals surface area contributed by atoms with Crippen molar-refractivity contribution in [2.45, 2.75) is 45.4 Å². The van der Waals surface area contributed by atoms with Crippen LogP contribution in [-0.4, -0.2) is 10.8 Å². The van der Waals surface area contributed by atoms with E-state index in [-0.39, 0.29) is 5.92 Å². The van der Waals surface area contributed by atoms with Gasteiger partial charge in [-0.15, -0.1) is 0 Å². The fourth-order valence-electron chi connectivity index (χ4n) is 4.43. The molecule has 122 valence electrons. The predicted molar refractivity (Wildman–Crippen MR) is 93.9 cm³/mol. The van der Waals surface area contributed by atoms with Crippen molar-refractivity contribution in [2.24, 2.45) is 23.7 Å². The van der Waals surface area contributed by atoms with Crippen LogP contribution in [0.5, 0.6) is 0 Å². The third-order valence-corrected chi connectivity index (χ3v) is 5.51. The van der Waals surface area contributed by atoms with Gasteiger partial charge in [0.25, 0.3) is 0 Å². The minimum atomic E-state index is 0.261. The van der Waals surface area contributed by atoms with Gasteiger partial charge in [-0.3, -0.25) is 9.78 Å². The molecule has 2 nitrogen and oxygen atoms in total. The van der Waals surface area contributed by atoms with Gasteiger partial charge in [-0.1, -0.05) is 36.8 Å². The lowest BCUT2D eigenvalue weighted by Gasteiger charge is -2.34. The summed E-state index contributed by atoms with van der Waals surface area (Å²) in [4.78, 5) is 16.5. The van der Waals surface area contributed by atoms with Gasteiger partial charge in [0.15, 0.2) is 0 Å². The summed E-state index contributed by atoms with van der Waals surface area (Å²) in [5.74, 6) is 2.37.